The molecular formula is C21H19NO7. The largest absolute Gasteiger partial charge is 0.484 e. The molecule has 0 aliphatic heterocycles. The molecule has 1 heterocycles. The van der Waals surface area contributed by atoms with Gasteiger partial charge in [0.15, 0.2) is 6.61 Å². The van der Waals surface area contributed by atoms with Crippen LogP contribution in [0, 0.1) is 6.92 Å². The van der Waals surface area contributed by atoms with E-state index < -0.39 is 11.9 Å². The molecule has 0 fully saturated rings. The van der Waals surface area contributed by atoms with Crippen molar-refractivity contribution in [3.63, 3.8) is 0 Å². The first kappa shape index (κ1) is 19.9. The Kier molecular flexibility index (Phi) is 5.82. The van der Waals surface area contributed by atoms with Gasteiger partial charge in [0.1, 0.15) is 22.8 Å². The molecule has 0 saturated heterocycles. The maximum Gasteiger partial charge on any atom is 0.338 e. The van der Waals surface area contributed by atoms with Crippen molar-refractivity contribution in [2.45, 2.75) is 13.8 Å². The Bertz CT molecular complexity index is 1120. The number of hydrogen-bond acceptors (Lipinski definition) is 7. The van der Waals surface area contributed by atoms with Gasteiger partial charge in [0.25, 0.3) is 5.91 Å². The number of amides is 1. The van der Waals surface area contributed by atoms with Crippen molar-refractivity contribution in [2.75, 3.05) is 13.2 Å². The van der Waals surface area contributed by atoms with Crippen molar-refractivity contribution in [3.05, 3.63) is 64.0 Å². The molecule has 0 atom stereocenters. The van der Waals surface area contributed by atoms with E-state index in [9.17, 15) is 14.4 Å². The van der Waals surface area contributed by atoms with Crippen LogP contribution in [-0.4, -0.2) is 25.1 Å². The molecule has 0 aliphatic rings. The standard InChI is InChI=1S/C21H19NO7/c1-3-26-21(25)13-4-6-14(7-5-13)29-20-12(2)28-17-10-15(27-11-18(22)23)8-9-16(17)19(20)24/h4-10H,3,11H2,1-2H3,(H2,22,23). The molecule has 2 aromatic carbocycles. The lowest BCUT2D eigenvalue weighted by Gasteiger charge is -2.10. The molecule has 0 unspecified atom stereocenters. The summed E-state index contributed by atoms with van der Waals surface area (Å²) in [6, 6.07) is 10.8. The van der Waals surface area contributed by atoms with Gasteiger partial charge in [-0.1, -0.05) is 0 Å². The van der Waals surface area contributed by atoms with Crippen molar-refractivity contribution in [1.82, 2.24) is 0 Å². The van der Waals surface area contributed by atoms with E-state index in [2.05, 4.69) is 0 Å². The molecule has 0 aliphatic carbocycles. The molecule has 0 saturated carbocycles. The molecule has 0 radical (unpaired) electrons. The summed E-state index contributed by atoms with van der Waals surface area (Å²) in [5.41, 5.74) is 5.36. The van der Waals surface area contributed by atoms with Crippen LogP contribution in [-0.2, 0) is 9.53 Å². The summed E-state index contributed by atoms with van der Waals surface area (Å²) in [5.74, 6) is -0.0252. The molecule has 2 N–H and O–H groups in total. The summed E-state index contributed by atoms with van der Waals surface area (Å²) in [5, 5.41) is 0.292. The zero-order valence-corrected chi connectivity index (χ0v) is 15.9. The molecular weight excluding hydrogens is 378 g/mol. The van der Waals surface area contributed by atoms with E-state index >= 15 is 0 Å². The van der Waals surface area contributed by atoms with Crippen molar-refractivity contribution in [3.8, 4) is 17.2 Å². The number of aryl methyl sites for hydroxylation is 1. The highest BCUT2D eigenvalue weighted by Gasteiger charge is 2.15. The fourth-order valence-electron chi connectivity index (χ4n) is 2.62. The predicted octanol–water partition coefficient (Wildman–Crippen LogP) is 2.93. The van der Waals surface area contributed by atoms with Crippen molar-refractivity contribution >= 4 is 22.8 Å². The van der Waals surface area contributed by atoms with E-state index in [1.165, 1.54) is 18.2 Å². The summed E-state index contributed by atoms with van der Waals surface area (Å²) >= 11 is 0. The lowest BCUT2D eigenvalue weighted by Crippen LogP contribution is -2.20. The van der Waals surface area contributed by atoms with Gasteiger partial charge in [-0.2, -0.15) is 0 Å². The minimum Gasteiger partial charge on any atom is -0.484 e. The monoisotopic (exact) mass is 397 g/mol. The van der Waals surface area contributed by atoms with Gasteiger partial charge in [-0.15, -0.1) is 0 Å². The smallest absolute Gasteiger partial charge is 0.338 e. The molecule has 3 aromatic rings. The SMILES string of the molecule is CCOC(=O)c1ccc(Oc2c(C)oc3cc(OCC(N)=O)ccc3c2=O)cc1. The third kappa shape index (κ3) is 4.55. The minimum atomic E-state index is -0.611. The van der Waals surface area contributed by atoms with Crippen LogP contribution in [0.5, 0.6) is 17.2 Å². The molecule has 1 amide bonds. The van der Waals surface area contributed by atoms with Crippen LogP contribution in [0.2, 0.25) is 0 Å². The van der Waals surface area contributed by atoms with Gasteiger partial charge in [-0.25, -0.2) is 4.79 Å². The molecule has 0 bridgehead atoms. The number of primary amides is 1. The van der Waals surface area contributed by atoms with Crippen LogP contribution in [0.25, 0.3) is 11.0 Å². The highest BCUT2D eigenvalue weighted by atomic mass is 16.5. The number of benzene rings is 2. The number of esters is 1. The van der Waals surface area contributed by atoms with E-state index in [4.69, 9.17) is 24.4 Å². The van der Waals surface area contributed by atoms with Crippen LogP contribution in [0.1, 0.15) is 23.0 Å². The van der Waals surface area contributed by atoms with Gasteiger partial charge >= 0.3 is 5.97 Å². The summed E-state index contributed by atoms with van der Waals surface area (Å²) in [6.45, 7) is 3.32. The van der Waals surface area contributed by atoms with Gasteiger partial charge in [-0.05, 0) is 50.2 Å². The Balaban J connectivity index is 1.88. The number of carbonyl (C=O) groups is 2. The maximum atomic E-state index is 12.8. The first-order valence-corrected chi connectivity index (χ1v) is 8.82. The van der Waals surface area contributed by atoms with Gasteiger partial charge in [0, 0.05) is 6.07 Å². The van der Waals surface area contributed by atoms with Crippen molar-refractivity contribution in [2.24, 2.45) is 5.73 Å². The predicted molar refractivity (Wildman–Crippen MR) is 104 cm³/mol. The number of ether oxygens (including phenoxy) is 3. The fourth-order valence-corrected chi connectivity index (χ4v) is 2.62. The van der Waals surface area contributed by atoms with Gasteiger partial charge in [-0.3, -0.25) is 9.59 Å². The second kappa shape index (κ2) is 8.47. The highest BCUT2D eigenvalue weighted by Crippen LogP contribution is 2.27. The Morgan fingerprint density at radius 2 is 1.76 bits per heavy atom. The Morgan fingerprint density at radius 3 is 2.41 bits per heavy atom. The van der Waals surface area contributed by atoms with Gasteiger partial charge < -0.3 is 24.4 Å². The summed E-state index contributed by atoms with van der Waals surface area (Å²) < 4.78 is 21.5. The normalized spacial score (nSPS) is 10.6. The Hall–Kier alpha value is -3.81. The number of hydrogen-bond donors (Lipinski definition) is 1. The Labute approximate surface area is 165 Å². The summed E-state index contributed by atoms with van der Waals surface area (Å²) in [7, 11) is 0. The zero-order valence-electron chi connectivity index (χ0n) is 15.9. The lowest BCUT2D eigenvalue weighted by atomic mass is 10.2. The zero-order chi connectivity index (χ0) is 21.0. The summed E-state index contributed by atoms with van der Waals surface area (Å²) in [6.07, 6.45) is 0. The van der Waals surface area contributed by atoms with E-state index in [-0.39, 0.29) is 30.2 Å². The minimum absolute atomic E-state index is 0.0344. The molecule has 0 spiro atoms. The van der Waals surface area contributed by atoms with Crippen LogP contribution < -0.4 is 20.6 Å². The molecule has 150 valence electrons. The first-order valence-electron chi connectivity index (χ1n) is 8.82. The molecule has 1 aromatic heterocycles. The van der Waals surface area contributed by atoms with Crippen LogP contribution in [0.4, 0.5) is 0 Å². The second-order valence-corrected chi connectivity index (χ2v) is 6.08. The average Bonchev–Trinajstić information content (AvgIpc) is 2.70. The molecule has 8 nitrogen and oxygen atoms in total. The average molecular weight is 397 g/mol. The fraction of sp³-hybridized carbons (Fsp3) is 0.190. The van der Waals surface area contributed by atoms with Gasteiger partial charge in [0.2, 0.25) is 11.2 Å². The molecule has 29 heavy (non-hydrogen) atoms. The lowest BCUT2D eigenvalue weighted by molar-refractivity contribution is -0.119. The maximum absolute atomic E-state index is 12.8. The number of fused-ring (bicyclic) bond motifs is 1. The summed E-state index contributed by atoms with van der Waals surface area (Å²) in [4.78, 5) is 35.4. The van der Waals surface area contributed by atoms with Crippen molar-refractivity contribution in [1.29, 1.82) is 0 Å². The van der Waals surface area contributed by atoms with Crippen LogP contribution in [0.15, 0.2) is 51.7 Å². The quantitative estimate of drug-likeness (QED) is 0.609. The van der Waals surface area contributed by atoms with Gasteiger partial charge in [0.05, 0.1) is 17.6 Å². The van der Waals surface area contributed by atoms with E-state index in [0.717, 1.165) is 0 Å². The third-order valence-corrected chi connectivity index (χ3v) is 3.95. The van der Waals surface area contributed by atoms with Crippen LogP contribution >= 0.6 is 0 Å². The number of rotatable bonds is 7. The molecule has 3 rings (SSSR count). The molecule has 8 heteroatoms. The van der Waals surface area contributed by atoms with Crippen LogP contribution in [0.3, 0.4) is 0 Å². The second-order valence-electron chi connectivity index (χ2n) is 6.08. The number of carbonyl (C=O) groups excluding carboxylic acids is 2. The van der Waals surface area contributed by atoms with E-state index in [0.29, 0.717) is 28.0 Å². The first-order chi connectivity index (χ1) is 13.9. The third-order valence-electron chi connectivity index (χ3n) is 3.95. The topological polar surface area (TPSA) is 118 Å². The van der Waals surface area contributed by atoms with Crippen molar-refractivity contribution < 1.29 is 28.2 Å². The highest BCUT2D eigenvalue weighted by molar-refractivity contribution is 5.89. The Morgan fingerprint density at radius 1 is 1.07 bits per heavy atom. The number of nitrogens with two attached hydrogens (primary N) is 1. The van der Waals surface area contributed by atoms with E-state index in [1.54, 1.807) is 38.1 Å². The van der Waals surface area contributed by atoms with E-state index in [1.807, 2.05) is 0 Å².